The van der Waals surface area contributed by atoms with Crippen LogP contribution in [0.5, 0.6) is 0 Å². The second kappa shape index (κ2) is 6.85. The predicted octanol–water partition coefficient (Wildman–Crippen LogP) is 4.07. The standard InChI is InChI=1S/C17H19N3OS/c1-12(17-20-19-13(2)21-17)18-15(16-9-6-10-22-16)11-14-7-4-3-5-8-14/h3-10,12,15,18H,11H2,1-2H3. The number of rotatable bonds is 6. The third-order valence-corrected chi connectivity index (χ3v) is 4.52. The molecule has 1 aromatic carbocycles. The number of benzene rings is 1. The topological polar surface area (TPSA) is 51.0 Å². The predicted molar refractivity (Wildman–Crippen MR) is 87.8 cm³/mol. The second-order valence-corrected chi connectivity index (χ2v) is 6.28. The van der Waals surface area contributed by atoms with Gasteiger partial charge in [-0.3, -0.25) is 5.32 Å². The Morgan fingerprint density at radius 3 is 2.59 bits per heavy atom. The van der Waals surface area contributed by atoms with Crippen LogP contribution in [0.25, 0.3) is 0 Å². The third kappa shape index (κ3) is 3.61. The summed E-state index contributed by atoms with van der Waals surface area (Å²) >= 11 is 1.76. The molecule has 0 fully saturated rings. The first-order valence-electron chi connectivity index (χ1n) is 7.36. The number of thiophene rings is 1. The molecule has 0 aliphatic heterocycles. The lowest BCUT2D eigenvalue weighted by Crippen LogP contribution is -2.26. The van der Waals surface area contributed by atoms with Crippen LogP contribution in [0.1, 0.15) is 41.2 Å². The molecule has 114 valence electrons. The van der Waals surface area contributed by atoms with Gasteiger partial charge >= 0.3 is 0 Å². The van der Waals surface area contributed by atoms with Gasteiger partial charge < -0.3 is 4.42 Å². The maximum Gasteiger partial charge on any atom is 0.233 e. The van der Waals surface area contributed by atoms with Gasteiger partial charge in [0.15, 0.2) is 0 Å². The van der Waals surface area contributed by atoms with Crippen molar-refractivity contribution in [3.05, 3.63) is 70.1 Å². The Kier molecular flexibility index (Phi) is 4.65. The quantitative estimate of drug-likeness (QED) is 0.745. The van der Waals surface area contributed by atoms with E-state index in [4.69, 9.17) is 4.42 Å². The Labute approximate surface area is 134 Å². The number of hydrogen-bond donors (Lipinski definition) is 1. The Hall–Kier alpha value is -1.98. The Balaban J connectivity index is 1.77. The van der Waals surface area contributed by atoms with Crippen molar-refractivity contribution in [3.8, 4) is 0 Å². The molecule has 0 saturated carbocycles. The highest BCUT2D eigenvalue weighted by molar-refractivity contribution is 7.10. The zero-order valence-corrected chi connectivity index (χ0v) is 13.5. The molecule has 0 bridgehead atoms. The van der Waals surface area contributed by atoms with E-state index in [1.54, 1.807) is 11.3 Å². The van der Waals surface area contributed by atoms with E-state index in [0.29, 0.717) is 11.8 Å². The maximum atomic E-state index is 5.53. The van der Waals surface area contributed by atoms with Gasteiger partial charge in [0.25, 0.3) is 0 Å². The molecule has 0 saturated heterocycles. The fourth-order valence-electron chi connectivity index (χ4n) is 2.44. The van der Waals surface area contributed by atoms with Gasteiger partial charge in [0.05, 0.1) is 6.04 Å². The van der Waals surface area contributed by atoms with Crippen molar-refractivity contribution in [2.45, 2.75) is 32.4 Å². The van der Waals surface area contributed by atoms with E-state index in [0.717, 1.165) is 6.42 Å². The smallest absolute Gasteiger partial charge is 0.233 e. The molecule has 22 heavy (non-hydrogen) atoms. The summed E-state index contributed by atoms with van der Waals surface area (Å²) in [6.07, 6.45) is 0.929. The van der Waals surface area contributed by atoms with Crippen LogP contribution in [-0.4, -0.2) is 10.2 Å². The largest absolute Gasteiger partial charge is 0.424 e. The molecule has 2 aromatic heterocycles. The van der Waals surface area contributed by atoms with Crippen LogP contribution in [-0.2, 0) is 6.42 Å². The number of aryl methyl sites for hydroxylation is 1. The first-order chi connectivity index (χ1) is 10.7. The molecular formula is C17H19N3OS. The lowest BCUT2D eigenvalue weighted by molar-refractivity contribution is 0.372. The van der Waals surface area contributed by atoms with Crippen LogP contribution in [0.2, 0.25) is 0 Å². The van der Waals surface area contributed by atoms with Gasteiger partial charge in [0.1, 0.15) is 0 Å². The van der Waals surface area contributed by atoms with Crippen LogP contribution < -0.4 is 5.32 Å². The molecule has 0 radical (unpaired) electrons. The molecule has 0 aliphatic carbocycles. The lowest BCUT2D eigenvalue weighted by atomic mass is 10.0. The van der Waals surface area contributed by atoms with Gasteiger partial charge in [-0.1, -0.05) is 36.4 Å². The summed E-state index contributed by atoms with van der Waals surface area (Å²) in [6, 6.07) is 15.0. The van der Waals surface area contributed by atoms with Crippen molar-refractivity contribution >= 4 is 11.3 Å². The van der Waals surface area contributed by atoms with Gasteiger partial charge in [-0.25, -0.2) is 0 Å². The minimum absolute atomic E-state index is 0.0111. The number of aromatic nitrogens is 2. The molecule has 2 unspecified atom stereocenters. The monoisotopic (exact) mass is 313 g/mol. The molecule has 3 aromatic rings. The van der Waals surface area contributed by atoms with E-state index >= 15 is 0 Å². The lowest BCUT2D eigenvalue weighted by Gasteiger charge is -2.21. The third-order valence-electron chi connectivity index (χ3n) is 3.53. The highest BCUT2D eigenvalue weighted by Gasteiger charge is 2.20. The van der Waals surface area contributed by atoms with Crippen LogP contribution in [0.3, 0.4) is 0 Å². The van der Waals surface area contributed by atoms with Gasteiger partial charge in [-0.15, -0.1) is 21.5 Å². The van der Waals surface area contributed by atoms with E-state index in [2.05, 4.69) is 64.2 Å². The van der Waals surface area contributed by atoms with Crippen molar-refractivity contribution in [2.24, 2.45) is 0 Å². The minimum Gasteiger partial charge on any atom is -0.424 e. The Morgan fingerprint density at radius 2 is 1.95 bits per heavy atom. The summed E-state index contributed by atoms with van der Waals surface area (Å²) < 4.78 is 5.53. The average molecular weight is 313 g/mol. The molecular weight excluding hydrogens is 294 g/mol. The van der Waals surface area contributed by atoms with E-state index in [9.17, 15) is 0 Å². The zero-order valence-electron chi connectivity index (χ0n) is 12.7. The summed E-state index contributed by atoms with van der Waals surface area (Å²) in [7, 11) is 0. The van der Waals surface area contributed by atoms with Crippen molar-refractivity contribution in [2.75, 3.05) is 0 Å². The molecule has 2 heterocycles. The molecule has 0 aliphatic rings. The van der Waals surface area contributed by atoms with Crippen molar-refractivity contribution in [1.29, 1.82) is 0 Å². The molecule has 2 atom stereocenters. The van der Waals surface area contributed by atoms with Gasteiger partial charge in [0, 0.05) is 17.8 Å². The first kappa shape index (κ1) is 14.9. The number of nitrogens with zero attached hydrogens (tertiary/aromatic N) is 2. The van der Waals surface area contributed by atoms with Crippen molar-refractivity contribution in [3.63, 3.8) is 0 Å². The molecule has 1 N–H and O–H groups in total. The molecule has 4 nitrogen and oxygen atoms in total. The summed E-state index contributed by atoms with van der Waals surface area (Å²) in [5, 5.41) is 13.7. The van der Waals surface area contributed by atoms with Crippen LogP contribution in [0.15, 0.2) is 52.3 Å². The van der Waals surface area contributed by atoms with Crippen LogP contribution >= 0.6 is 11.3 Å². The summed E-state index contributed by atoms with van der Waals surface area (Å²) in [5.74, 6) is 1.23. The summed E-state index contributed by atoms with van der Waals surface area (Å²) in [4.78, 5) is 1.31. The fourth-order valence-corrected chi connectivity index (χ4v) is 3.23. The molecule has 0 amide bonds. The van der Waals surface area contributed by atoms with Crippen molar-refractivity contribution in [1.82, 2.24) is 15.5 Å². The first-order valence-corrected chi connectivity index (χ1v) is 8.23. The minimum atomic E-state index is 0.0111. The van der Waals surface area contributed by atoms with E-state index in [1.165, 1.54) is 10.4 Å². The van der Waals surface area contributed by atoms with E-state index < -0.39 is 0 Å². The molecule has 0 spiro atoms. The zero-order chi connectivity index (χ0) is 15.4. The highest BCUT2D eigenvalue weighted by Crippen LogP contribution is 2.26. The van der Waals surface area contributed by atoms with Gasteiger partial charge in [-0.05, 0) is 30.4 Å². The normalized spacial score (nSPS) is 13.9. The molecule has 5 heteroatoms. The van der Waals surface area contributed by atoms with Crippen molar-refractivity contribution < 1.29 is 4.42 Å². The van der Waals surface area contributed by atoms with E-state index in [1.807, 2.05) is 13.0 Å². The number of nitrogens with one attached hydrogen (secondary N) is 1. The Bertz CT molecular complexity index is 694. The fraction of sp³-hybridized carbons (Fsp3) is 0.294. The second-order valence-electron chi connectivity index (χ2n) is 5.31. The van der Waals surface area contributed by atoms with Crippen LogP contribution in [0.4, 0.5) is 0 Å². The maximum absolute atomic E-state index is 5.53. The average Bonchev–Trinajstić information content (AvgIpc) is 3.19. The number of hydrogen-bond acceptors (Lipinski definition) is 5. The summed E-state index contributed by atoms with van der Waals surface area (Å²) in [5.41, 5.74) is 1.31. The molecule has 3 rings (SSSR count). The highest BCUT2D eigenvalue weighted by atomic mass is 32.1. The van der Waals surface area contributed by atoms with Crippen LogP contribution in [0, 0.1) is 6.92 Å². The van der Waals surface area contributed by atoms with Gasteiger partial charge in [-0.2, -0.15) is 0 Å². The Morgan fingerprint density at radius 1 is 1.14 bits per heavy atom. The SMILES string of the molecule is Cc1nnc(C(C)NC(Cc2ccccc2)c2cccs2)o1. The van der Waals surface area contributed by atoms with Gasteiger partial charge in [0.2, 0.25) is 11.8 Å². The summed E-state index contributed by atoms with van der Waals surface area (Å²) in [6.45, 7) is 3.86. The van der Waals surface area contributed by atoms with E-state index in [-0.39, 0.29) is 12.1 Å².